The van der Waals surface area contributed by atoms with Gasteiger partial charge in [0.2, 0.25) is 0 Å². The van der Waals surface area contributed by atoms with Crippen molar-refractivity contribution in [3.63, 3.8) is 0 Å². The summed E-state index contributed by atoms with van der Waals surface area (Å²) in [5.41, 5.74) is 2.99. The third-order valence-corrected chi connectivity index (χ3v) is 3.74. The molecule has 3 heteroatoms. The molecular formula is C18H22FNO. The molecule has 0 bridgehead atoms. The second-order valence-electron chi connectivity index (χ2n) is 5.24. The monoisotopic (exact) mass is 287 g/mol. The van der Waals surface area contributed by atoms with E-state index in [9.17, 15) is 4.39 Å². The van der Waals surface area contributed by atoms with Crippen molar-refractivity contribution < 1.29 is 9.13 Å². The number of rotatable bonds is 5. The molecule has 0 saturated carbocycles. The Bertz CT molecular complexity index is 625. The zero-order valence-electron chi connectivity index (χ0n) is 13.0. The van der Waals surface area contributed by atoms with E-state index in [0.29, 0.717) is 11.5 Å². The Hall–Kier alpha value is -1.87. The van der Waals surface area contributed by atoms with E-state index >= 15 is 0 Å². The lowest BCUT2D eigenvalue weighted by Crippen LogP contribution is -2.18. The molecule has 2 aromatic carbocycles. The maximum Gasteiger partial charge on any atom is 0.167 e. The van der Waals surface area contributed by atoms with Crippen LogP contribution in [0.15, 0.2) is 36.4 Å². The highest BCUT2D eigenvalue weighted by molar-refractivity contribution is 5.45. The first-order chi connectivity index (χ1) is 10.0. The van der Waals surface area contributed by atoms with Gasteiger partial charge in [0.1, 0.15) is 5.75 Å². The van der Waals surface area contributed by atoms with Crippen LogP contribution in [0.2, 0.25) is 0 Å². The van der Waals surface area contributed by atoms with Crippen molar-refractivity contribution in [2.75, 3.05) is 6.54 Å². The van der Waals surface area contributed by atoms with Crippen molar-refractivity contribution in [1.82, 2.24) is 5.32 Å². The predicted molar refractivity (Wildman–Crippen MR) is 84.5 cm³/mol. The fourth-order valence-electron chi connectivity index (χ4n) is 2.34. The predicted octanol–water partition coefficient (Wildman–Crippen LogP) is 4.91. The molecule has 0 heterocycles. The maximum atomic E-state index is 14.2. The van der Waals surface area contributed by atoms with Crippen LogP contribution in [-0.4, -0.2) is 6.54 Å². The van der Waals surface area contributed by atoms with Gasteiger partial charge < -0.3 is 10.1 Å². The molecule has 0 amide bonds. The Morgan fingerprint density at radius 1 is 1.14 bits per heavy atom. The van der Waals surface area contributed by atoms with Gasteiger partial charge in [-0.2, -0.15) is 0 Å². The Kier molecular flexibility index (Phi) is 4.97. The molecule has 0 spiro atoms. The summed E-state index contributed by atoms with van der Waals surface area (Å²) in [6, 6.07) is 10.9. The van der Waals surface area contributed by atoms with Gasteiger partial charge >= 0.3 is 0 Å². The SMILES string of the molecule is CCNC(C)c1cccc(F)c1Oc1cccc(C)c1C. The molecule has 1 N–H and O–H groups in total. The molecule has 2 rings (SSSR count). The Morgan fingerprint density at radius 2 is 1.86 bits per heavy atom. The Balaban J connectivity index is 2.41. The zero-order valence-corrected chi connectivity index (χ0v) is 13.0. The summed E-state index contributed by atoms with van der Waals surface area (Å²) in [4.78, 5) is 0. The quantitative estimate of drug-likeness (QED) is 0.844. The Labute approximate surface area is 126 Å². The number of ether oxygens (including phenoxy) is 1. The van der Waals surface area contributed by atoms with Crippen LogP contribution in [0.5, 0.6) is 11.5 Å². The van der Waals surface area contributed by atoms with Gasteiger partial charge in [-0.1, -0.05) is 31.2 Å². The summed E-state index contributed by atoms with van der Waals surface area (Å²) >= 11 is 0. The van der Waals surface area contributed by atoms with Crippen LogP contribution in [-0.2, 0) is 0 Å². The van der Waals surface area contributed by atoms with Gasteiger partial charge in [0.15, 0.2) is 11.6 Å². The molecule has 1 unspecified atom stereocenters. The lowest BCUT2D eigenvalue weighted by molar-refractivity contribution is 0.423. The lowest BCUT2D eigenvalue weighted by Gasteiger charge is -2.19. The third kappa shape index (κ3) is 3.42. The number of nitrogens with one attached hydrogen (secondary N) is 1. The van der Waals surface area contributed by atoms with E-state index in [-0.39, 0.29) is 11.9 Å². The summed E-state index contributed by atoms with van der Waals surface area (Å²) < 4.78 is 20.1. The van der Waals surface area contributed by atoms with Crippen molar-refractivity contribution in [3.05, 3.63) is 58.9 Å². The van der Waals surface area contributed by atoms with Crippen LogP contribution in [0.25, 0.3) is 0 Å². The minimum Gasteiger partial charge on any atom is -0.454 e. The van der Waals surface area contributed by atoms with Crippen LogP contribution < -0.4 is 10.1 Å². The first kappa shape index (κ1) is 15.5. The number of hydrogen-bond donors (Lipinski definition) is 1. The fourth-order valence-corrected chi connectivity index (χ4v) is 2.34. The van der Waals surface area contributed by atoms with E-state index in [2.05, 4.69) is 5.32 Å². The highest BCUT2D eigenvalue weighted by Gasteiger charge is 2.16. The third-order valence-electron chi connectivity index (χ3n) is 3.74. The number of benzene rings is 2. The summed E-state index contributed by atoms with van der Waals surface area (Å²) in [5.74, 6) is 0.669. The van der Waals surface area contributed by atoms with E-state index in [1.165, 1.54) is 6.07 Å². The topological polar surface area (TPSA) is 21.3 Å². The average Bonchev–Trinajstić information content (AvgIpc) is 2.46. The number of hydrogen-bond acceptors (Lipinski definition) is 2. The molecule has 112 valence electrons. The van der Waals surface area contributed by atoms with Gasteiger partial charge in [-0.3, -0.25) is 0 Å². The number of para-hydroxylation sites is 1. The fraction of sp³-hybridized carbons (Fsp3) is 0.333. The molecule has 2 aromatic rings. The lowest BCUT2D eigenvalue weighted by atomic mass is 10.1. The largest absolute Gasteiger partial charge is 0.454 e. The minimum atomic E-state index is -0.335. The van der Waals surface area contributed by atoms with Crippen molar-refractivity contribution in [1.29, 1.82) is 0 Å². The van der Waals surface area contributed by atoms with Gasteiger partial charge in [0, 0.05) is 11.6 Å². The smallest absolute Gasteiger partial charge is 0.167 e. The van der Waals surface area contributed by atoms with Crippen molar-refractivity contribution in [2.45, 2.75) is 33.7 Å². The molecule has 0 fully saturated rings. The molecular weight excluding hydrogens is 265 g/mol. The maximum absolute atomic E-state index is 14.2. The molecule has 0 aliphatic heterocycles. The number of aryl methyl sites for hydroxylation is 1. The van der Waals surface area contributed by atoms with Gasteiger partial charge in [0.05, 0.1) is 0 Å². The van der Waals surface area contributed by atoms with Gasteiger partial charge in [-0.25, -0.2) is 4.39 Å². The van der Waals surface area contributed by atoms with E-state index in [0.717, 1.165) is 23.2 Å². The van der Waals surface area contributed by atoms with Crippen LogP contribution in [0, 0.1) is 19.7 Å². The zero-order chi connectivity index (χ0) is 15.4. The molecule has 0 aromatic heterocycles. The van der Waals surface area contributed by atoms with Crippen LogP contribution in [0.4, 0.5) is 4.39 Å². The van der Waals surface area contributed by atoms with Gasteiger partial charge in [0.25, 0.3) is 0 Å². The van der Waals surface area contributed by atoms with Crippen molar-refractivity contribution >= 4 is 0 Å². The molecule has 0 aliphatic rings. The van der Waals surface area contributed by atoms with Crippen LogP contribution in [0.1, 0.15) is 36.6 Å². The Morgan fingerprint density at radius 3 is 2.57 bits per heavy atom. The van der Waals surface area contributed by atoms with Crippen LogP contribution in [0.3, 0.4) is 0 Å². The van der Waals surface area contributed by atoms with Gasteiger partial charge in [-0.15, -0.1) is 0 Å². The molecule has 1 atom stereocenters. The van der Waals surface area contributed by atoms with Crippen molar-refractivity contribution in [3.8, 4) is 11.5 Å². The average molecular weight is 287 g/mol. The first-order valence-corrected chi connectivity index (χ1v) is 7.30. The van der Waals surface area contributed by atoms with Crippen LogP contribution >= 0.6 is 0 Å². The highest BCUT2D eigenvalue weighted by atomic mass is 19.1. The van der Waals surface area contributed by atoms with Gasteiger partial charge in [-0.05, 0) is 50.6 Å². The van der Waals surface area contributed by atoms with Crippen molar-refractivity contribution in [2.24, 2.45) is 0 Å². The summed E-state index contributed by atoms with van der Waals surface area (Å²) in [6.45, 7) is 8.86. The highest BCUT2D eigenvalue weighted by Crippen LogP contribution is 2.34. The van der Waals surface area contributed by atoms with E-state index in [4.69, 9.17) is 4.74 Å². The number of halogens is 1. The van der Waals surface area contributed by atoms with E-state index in [1.807, 2.05) is 52.0 Å². The normalized spacial score (nSPS) is 12.2. The molecule has 21 heavy (non-hydrogen) atoms. The van der Waals surface area contributed by atoms with E-state index in [1.54, 1.807) is 6.07 Å². The minimum absolute atomic E-state index is 0.0332. The first-order valence-electron chi connectivity index (χ1n) is 7.30. The summed E-state index contributed by atoms with van der Waals surface area (Å²) in [6.07, 6.45) is 0. The second kappa shape index (κ2) is 6.72. The molecule has 0 radical (unpaired) electrons. The standard InChI is InChI=1S/C18H22FNO/c1-5-20-14(4)15-9-7-10-16(19)18(15)21-17-11-6-8-12(2)13(17)3/h6-11,14,20H,5H2,1-4H3. The second-order valence-corrected chi connectivity index (χ2v) is 5.24. The molecule has 0 aliphatic carbocycles. The summed E-state index contributed by atoms with van der Waals surface area (Å²) in [5, 5.41) is 3.29. The molecule has 2 nitrogen and oxygen atoms in total. The molecule has 0 saturated heterocycles. The van der Waals surface area contributed by atoms with E-state index < -0.39 is 0 Å². The summed E-state index contributed by atoms with van der Waals surface area (Å²) in [7, 11) is 0.